The maximum Gasteiger partial charge on any atom is 0.333 e. The number of ether oxygens (including phenoxy) is 1. The number of nitrogens with zero attached hydrogens (tertiary/aromatic N) is 1. The van der Waals surface area contributed by atoms with E-state index < -0.39 is 33.9 Å². The normalized spacial score (nSPS) is 35.4. The van der Waals surface area contributed by atoms with E-state index in [1.54, 1.807) is 11.8 Å². The minimum atomic E-state index is -3.49. The molecule has 0 aromatic heterocycles. The molecule has 0 aromatic carbocycles. The topological polar surface area (TPSA) is 142 Å². The van der Waals surface area contributed by atoms with Gasteiger partial charge in [0.25, 0.3) is 0 Å². The standard InChI is InChI=1S/C21H31N3O7S2/c1-10-14-15(11(2)23-33(3,29)30)18(25)16(14)17(21(27)28)19(10)32-12-8-13(22-9-12)20(26)24-4-6-31-7-5-24/h10-16,22-23H,4-9H2,1-3H3,(H,27,28)/t10-,11-,12+,13?,14+,15-,16?/m1/s1. The van der Waals surface area contributed by atoms with Crippen molar-refractivity contribution in [2.24, 2.45) is 23.7 Å². The number of thioether (sulfide) groups is 1. The quantitative estimate of drug-likeness (QED) is 0.427. The minimum absolute atomic E-state index is 0.0180. The Bertz CT molecular complexity index is 976. The van der Waals surface area contributed by atoms with Gasteiger partial charge in [0.2, 0.25) is 15.9 Å². The molecule has 2 heterocycles. The van der Waals surface area contributed by atoms with Gasteiger partial charge in [-0.2, -0.15) is 0 Å². The predicted molar refractivity (Wildman–Crippen MR) is 122 cm³/mol. The maximum atomic E-state index is 12.9. The number of allylic oxidation sites excluding steroid dienone is 1. The lowest BCUT2D eigenvalue weighted by Gasteiger charge is -2.44. The molecule has 2 aliphatic carbocycles. The molecule has 184 valence electrons. The van der Waals surface area contributed by atoms with E-state index in [9.17, 15) is 27.9 Å². The lowest BCUT2D eigenvalue weighted by Crippen LogP contribution is -2.57. The second-order valence-electron chi connectivity index (χ2n) is 9.41. The van der Waals surface area contributed by atoms with Crippen molar-refractivity contribution < 1.29 is 32.6 Å². The molecule has 0 aromatic rings. The average Bonchev–Trinajstić information content (AvgIpc) is 3.29. The van der Waals surface area contributed by atoms with E-state index in [1.165, 1.54) is 11.8 Å². The Labute approximate surface area is 197 Å². The van der Waals surface area contributed by atoms with E-state index >= 15 is 0 Å². The summed E-state index contributed by atoms with van der Waals surface area (Å²) in [4.78, 5) is 40.3. The van der Waals surface area contributed by atoms with Gasteiger partial charge in [-0.1, -0.05) is 6.92 Å². The van der Waals surface area contributed by atoms with Crippen LogP contribution in [-0.4, -0.2) is 92.5 Å². The largest absolute Gasteiger partial charge is 0.478 e. The summed E-state index contributed by atoms with van der Waals surface area (Å²) in [5, 5.41) is 13.2. The molecule has 1 saturated carbocycles. The molecule has 7 atom stereocenters. The third-order valence-corrected chi connectivity index (χ3v) is 9.51. The Hall–Kier alpha value is -1.47. The highest BCUT2D eigenvalue weighted by Gasteiger charge is 2.62. The summed E-state index contributed by atoms with van der Waals surface area (Å²) in [6.07, 6.45) is 1.63. The van der Waals surface area contributed by atoms with E-state index in [1.807, 2.05) is 6.92 Å². The predicted octanol–water partition coefficient (Wildman–Crippen LogP) is -0.334. The van der Waals surface area contributed by atoms with E-state index in [-0.39, 0.29) is 40.4 Å². The number of fused-ring (bicyclic) bond motifs is 1. The number of carboxylic acids is 1. The number of Topliss-reactive ketones (excluding diaryl/α,β-unsaturated/α-hetero) is 1. The number of hydrogen-bond donors (Lipinski definition) is 3. The van der Waals surface area contributed by atoms with Crippen LogP contribution in [0.3, 0.4) is 0 Å². The molecule has 0 spiro atoms. The summed E-state index contributed by atoms with van der Waals surface area (Å²) >= 11 is 1.45. The first kappa shape index (κ1) is 24.6. The Morgan fingerprint density at radius 1 is 1.30 bits per heavy atom. The molecule has 0 radical (unpaired) electrons. The summed E-state index contributed by atoms with van der Waals surface area (Å²) in [5.41, 5.74) is 0.147. The zero-order valence-corrected chi connectivity index (χ0v) is 20.6. The zero-order chi connectivity index (χ0) is 24.1. The summed E-state index contributed by atoms with van der Waals surface area (Å²) in [6.45, 7) is 6.37. The molecule has 3 fully saturated rings. The van der Waals surface area contributed by atoms with E-state index in [0.29, 0.717) is 44.2 Å². The van der Waals surface area contributed by atoms with Crippen LogP contribution in [-0.2, 0) is 29.1 Å². The SMILES string of the molecule is C[C@@H](NS(C)(=O)=O)[C@H]1C(=O)C2C(C(=O)O)=C(S[C@@H]3CNC(C(=O)N4CCOCC4)C3)[C@H](C)[C@H]21. The third kappa shape index (κ3) is 4.72. The summed E-state index contributed by atoms with van der Waals surface area (Å²) < 4.78 is 31.1. The Kier molecular flexibility index (Phi) is 6.94. The Morgan fingerprint density at radius 3 is 2.58 bits per heavy atom. The number of amides is 1. The molecule has 1 amide bonds. The molecule has 0 bridgehead atoms. The number of morpholine rings is 1. The number of sulfonamides is 1. The van der Waals surface area contributed by atoms with Crippen LogP contribution >= 0.6 is 11.8 Å². The molecule has 2 aliphatic heterocycles. The number of aliphatic carboxylic acids is 1. The van der Waals surface area contributed by atoms with E-state index in [0.717, 1.165) is 6.26 Å². The van der Waals surface area contributed by atoms with Crippen molar-refractivity contribution in [1.29, 1.82) is 0 Å². The smallest absolute Gasteiger partial charge is 0.333 e. The van der Waals surface area contributed by atoms with Gasteiger partial charge in [0, 0.05) is 36.8 Å². The van der Waals surface area contributed by atoms with Gasteiger partial charge in [0.1, 0.15) is 5.78 Å². The monoisotopic (exact) mass is 501 g/mol. The van der Waals surface area contributed by atoms with E-state index in [2.05, 4.69) is 10.0 Å². The van der Waals surface area contributed by atoms with E-state index in [4.69, 9.17) is 4.74 Å². The van der Waals surface area contributed by atoms with Crippen molar-refractivity contribution in [3.05, 3.63) is 10.5 Å². The first-order valence-electron chi connectivity index (χ1n) is 11.2. The van der Waals surface area contributed by atoms with Crippen molar-refractivity contribution in [1.82, 2.24) is 14.9 Å². The maximum absolute atomic E-state index is 12.9. The van der Waals surface area contributed by atoms with Crippen LogP contribution in [0, 0.1) is 23.7 Å². The highest BCUT2D eigenvalue weighted by atomic mass is 32.2. The number of carbonyl (C=O) groups is 3. The van der Waals surface area contributed by atoms with Gasteiger partial charge in [0.05, 0.1) is 37.0 Å². The molecule has 33 heavy (non-hydrogen) atoms. The highest BCUT2D eigenvalue weighted by Crippen LogP contribution is 2.59. The van der Waals surface area contributed by atoms with Gasteiger partial charge in [-0.15, -0.1) is 11.8 Å². The lowest BCUT2D eigenvalue weighted by molar-refractivity contribution is -0.146. The van der Waals surface area contributed by atoms with Gasteiger partial charge in [0.15, 0.2) is 0 Å². The summed E-state index contributed by atoms with van der Waals surface area (Å²) in [7, 11) is -3.49. The van der Waals surface area contributed by atoms with Crippen molar-refractivity contribution in [2.45, 2.75) is 37.6 Å². The van der Waals surface area contributed by atoms with Crippen LogP contribution in [0.15, 0.2) is 10.5 Å². The molecular weight excluding hydrogens is 470 g/mol. The van der Waals surface area contributed by atoms with Crippen LogP contribution in [0.25, 0.3) is 0 Å². The van der Waals surface area contributed by atoms with Gasteiger partial charge in [-0.05, 0) is 30.1 Å². The number of ketones is 1. The van der Waals surface area contributed by atoms with Gasteiger partial charge >= 0.3 is 5.97 Å². The molecule has 4 rings (SSSR count). The molecule has 3 N–H and O–H groups in total. The average molecular weight is 502 g/mol. The minimum Gasteiger partial charge on any atom is -0.478 e. The Morgan fingerprint density at radius 2 is 1.97 bits per heavy atom. The van der Waals surface area contributed by atoms with Crippen LogP contribution in [0.5, 0.6) is 0 Å². The third-order valence-electron chi connectivity index (χ3n) is 7.18. The van der Waals surface area contributed by atoms with Crippen molar-refractivity contribution in [3.63, 3.8) is 0 Å². The first-order valence-corrected chi connectivity index (χ1v) is 14.0. The Balaban J connectivity index is 1.46. The highest BCUT2D eigenvalue weighted by molar-refractivity contribution is 8.03. The van der Waals surface area contributed by atoms with Gasteiger partial charge in [-0.3, -0.25) is 9.59 Å². The fourth-order valence-corrected chi connectivity index (χ4v) is 8.11. The van der Waals surface area contributed by atoms with Crippen molar-refractivity contribution >= 4 is 39.4 Å². The number of nitrogens with one attached hydrogen (secondary N) is 2. The molecule has 12 heteroatoms. The molecule has 2 unspecified atom stereocenters. The number of carboxylic acid groups (broad SMARTS) is 1. The number of rotatable bonds is 7. The van der Waals surface area contributed by atoms with Crippen molar-refractivity contribution in [2.75, 3.05) is 39.1 Å². The first-order chi connectivity index (χ1) is 15.5. The molecular formula is C21H31N3O7S2. The fourth-order valence-electron chi connectivity index (χ4n) is 5.75. The second-order valence-corrected chi connectivity index (χ2v) is 12.5. The van der Waals surface area contributed by atoms with Crippen LogP contribution in [0.4, 0.5) is 0 Å². The summed E-state index contributed by atoms with van der Waals surface area (Å²) in [6, 6.07) is -0.907. The fraction of sp³-hybridized carbons (Fsp3) is 0.762. The molecule has 10 nitrogen and oxygen atoms in total. The zero-order valence-electron chi connectivity index (χ0n) is 18.9. The number of carbonyl (C=O) groups excluding carboxylic acids is 2. The molecule has 4 aliphatic rings. The van der Waals surface area contributed by atoms with Gasteiger partial charge in [-0.25, -0.2) is 17.9 Å². The number of hydrogen-bond acceptors (Lipinski definition) is 8. The lowest BCUT2D eigenvalue weighted by atomic mass is 9.58. The van der Waals surface area contributed by atoms with Gasteiger partial charge < -0.3 is 20.1 Å². The second kappa shape index (κ2) is 9.29. The van der Waals surface area contributed by atoms with Crippen LogP contribution in [0.2, 0.25) is 0 Å². The molecule has 2 saturated heterocycles. The van der Waals surface area contributed by atoms with Crippen LogP contribution in [0.1, 0.15) is 20.3 Å². The summed E-state index contributed by atoms with van der Waals surface area (Å²) in [5.74, 6) is -2.93. The van der Waals surface area contributed by atoms with Crippen molar-refractivity contribution in [3.8, 4) is 0 Å². The van der Waals surface area contributed by atoms with Crippen LogP contribution < -0.4 is 10.0 Å².